The Kier molecular flexibility index (Phi) is 6.29. The van der Waals surface area contributed by atoms with Crippen LogP contribution >= 0.6 is 0 Å². The van der Waals surface area contributed by atoms with Crippen molar-refractivity contribution in [2.75, 3.05) is 19.0 Å². The highest BCUT2D eigenvalue weighted by Gasteiger charge is 2.21. The van der Waals surface area contributed by atoms with E-state index in [1.54, 1.807) is 54.6 Å². The Morgan fingerprint density at radius 2 is 1.91 bits per heavy atom. The number of methoxy groups -OCH3 is 1. The van der Waals surface area contributed by atoms with E-state index in [-0.39, 0.29) is 35.8 Å². The maximum absolute atomic E-state index is 14.3. The molecule has 1 aromatic heterocycles. The number of nitrogens with one attached hydrogen (secondary N) is 1. The number of hydrogen-bond donors (Lipinski definition) is 1. The smallest absolute Gasteiger partial charge is 0.262 e. The van der Waals surface area contributed by atoms with E-state index in [1.807, 2.05) is 6.07 Å². The lowest BCUT2D eigenvalue weighted by molar-refractivity contribution is 0.0956. The molecule has 1 amide bonds. The summed E-state index contributed by atoms with van der Waals surface area (Å²) >= 11 is 0. The van der Waals surface area contributed by atoms with E-state index < -0.39 is 5.82 Å². The standard InChI is InChI=1S/C27H24FN3O4/c1-34-24-12-10-18(14-22(24)28)19-9-11-21-23(15-19)29-27(30-25(32)17-6-3-2-4-7-17)31(26(21)33)16-20-8-5-13-35-20/h2-4,6-7,9-12,14-15,20H,5,8,13,16H2,1H3,(H,29,30,32). The van der Waals surface area contributed by atoms with Crippen LogP contribution in [0, 0.1) is 5.82 Å². The third-order valence-electron chi connectivity index (χ3n) is 6.11. The van der Waals surface area contributed by atoms with Crippen LogP contribution in [0.3, 0.4) is 0 Å². The quantitative estimate of drug-likeness (QED) is 0.441. The maximum Gasteiger partial charge on any atom is 0.262 e. The molecule has 1 aliphatic heterocycles. The predicted octanol–water partition coefficient (Wildman–Crippen LogP) is 4.64. The van der Waals surface area contributed by atoms with Gasteiger partial charge >= 0.3 is 0 Å². The van der Waals surface area contributed by atoms with Crippen molar-refractivity contribution in [1.82, 2.24) is 9.55 Å². The first-order valence-corrected chi connectivity index (χ1v) is 11.4. The van der Waals surface area contributed by atoms with Crippen LogP contribution in [-0.4, -0.2) is 35.3 Å². The first-order valence-electron chi connectivity index (χ1n) is 11.4. The highest BCUT2D eigenvalue weighted by Crippen LogP contribution is 2.28. The number of carbonyl (C=O) groups is 1. The zero-order chi connectivity index (χ0) is 24.4. The van der Waals surface area contributed by atoms with Gasteiger partial charge in [-0.25, -0.2) is 9.37 Å². The minimum atomic E-state index is -0.485. The molecule has 1 saturated heterocycles. The van der Waals surface area contributed by atoms with Crippen molar-refractivity contribution in [3.8, 4) is 16.9 Å². The van der Waals surface area contributed by atoms with Crippen molar-refractivity contribution in [2.24, 2.45) is 0 Å². The molecule has 1 atom stereocenters. The van der Waals surface area contributed by atoms with E-state index in [1.165, 1.54) is 17.7 Å². The number of hydrogen-bond acceptors (Lipinski definition) is 5. The van der Waals surface area contributed by atoms with Gasteiger partial charge in [-0.1, -0.05) is 30.3 Å². The van der Waals surface area contributed by atoms with Crippen molar-refractivity contribution in [1.29, 1.82) is 0 Å². The average Bonchev–Trinajstić information content (AvgIpc) is 3.40. The van der Waals surface area contributed by atoms with Crippen LogP contribution < -0.4 is 15.6 Å². The van der Waals surface area contributed by atoms with Gasteiger partial charge in [0.2, 0.25) is 5.95 Å². The Morgan fingerprint density at radius 1 is 1.14 bits per heavy atom. The number of rotatable bonds is 6. The predicted molar refractivity (Wildman–Crippen MR) is 131 cm³/mol. The summed E-state index contributed by atoms with van der Waals surface area (Å²) in [4.78, 5) is 31.0. The average molecular weight is 474 g/mol. The van der Waals surface area contributed by atoms with E-state index in [4.69, 9.17) is 9.47 Å². The number of ether oxygens (including phenoxy) is 2. The van der Waals surface area contributed by atoms with Crippen molar-refractivity contribution in [3.05, 3.63) is 88.5 Å². The van der Waals surface area contributed by atoms with Crippen LogP contribution in [0.5, 0.6) is 5.75 Å². The lowest BCUT2D eigenvalue weighted by Gasteiger charge is -2.17. The Hall–Kier alpha value is -4.04. The van der Waals surface area contributed by atoms with Crippen LogP contribution in [0.25, 0.3) is 22.0 Å². The molecule has 0 bridgehead atoms. The van der Waals surface area contributed by atoms with Gasteiger partial charge in [-0.05, 0) is 60.4 Å². The molecule has 0 aliphatic carbocycles. The molecule has 8 heteroatoms. The first-order chi connectivity index (χ1) is 17.0. The number of fused-ring (bicyclic) bond motifs is 1. The number of benzene rings is 3. The number of amides is 1. The molecule has 178 valence electrons. The van der Waals surface area contributed by atoms with Gasteiger partial charge in [0.15, 0.2) is 11.6 Å². The SMILES string of the molecule is COc1ccc(-c2ccc3c(=O)n(CC4CCCO4)c(NC(=O)c4ccccc4)nc3c2)cc1F. The zero-order valence-electron chi connectivity index (χ0n) is 19.2. The fourth-order valence-corrected chi connectivity index (χ4v) is 4.27. The van der Waals surface area contributed by atoms with Gasteiger partial charge in [0.1, 0.15) is 0 Å². The molecule has 0 spiro atoms. The number of aromatic nitrogens is 2. The zero-order valence-corrected chi connectivity index (χ0v) is 19.2. The molecule has 5 rings (SSSR count). The third kappa shape index (κ3) is 4.65. The van der Waals surface area contributed by atoms with Gasteiger partial charge in [0, 0.05) is 12.2 Å². The summed E-state index contributed by atoms with van der Waals surface area (Å²) in [5.74, 6) is -0.562. The minimum absolute atomic E-state index is 0.124. The van der Waals surface area contributed by atoms with Gasteiger partial charge in [-0.2, -0.15) is 0 Å². The topological polar surface area (TPSA) is 82.5 Å². The Balaban J connectivity index is 1.59. The summed E-state index contributed by atoms with van der Waals surface area (Å²) in [7, 11) is 1.41. The second kappa shape index (κ2) is 9.68. The molecule has 0 saturated carbocycles. The van der Waals surface area contributed by atoms with Crippen LogP contribution in [-0.2, 0) is 11.3 Å². The maximum atomic E-state index is 14.3. The molecule has 4 aromatic rings. The molecule has 1 unspecified atom stereocenters. The molecule has 2 heterocycles. The van der Waals surface area contributed by atoms with Gasteiger partial charge < -0.3 is 9.47 Å². The summed E-state index contributed by atoms with van der Waals surface area (Å²) in [6, 6.07) is 18.5. The Morgan fingerprint density at radius 3 is 2.63 bits per heavy atom. The van der Waals surface area contributed by atoms with Crippen molar-refractivity contribution >= 4 is 22.8 Å². The largest absolute Gasteiger partial charge is 0.494 e. The van der Waals surface area contributed by atoms with E-state index in [9.17, 15) is 14.0 Å². The van der Waals surface area contributed by atoms with Crippen LogP contribution in [0.4, 0.5) is 10.3 Å². The molecule has 35 heavy (non-hydrogen) atoms. The van der Waals surface area contributed by atoms with Crippen LogP contribution in [0.2, 0.25) is 0 Å². The monoisotopic (exact) mass is 473 g/mol. The van der Waals surface area contributed by atoms with Crippen LogP contribution in [0.15, 0.2) is 71.5 Å². The number of halogens is 1. The first kappa shape index (κ1) is 22.7. The van der Waals surface area contributed by atoms with Gasteiger partial charge in [-0.3, -0.25) is 19.5 Å². The van der Waals surface area contributed by atoms with Crippen LogP contribution in [0.1, 0.15) is 23.2 Å². The van der Waals surface area contributed by atoms with E-state index >= 15 is 0 Å². The molecular formula is C27H24FN3O4. The van der Waals surface area contributed by atoms with E-state index in [2.05, 4.69) is 10.3 Å². The highest BCUT2D eigenvalue weighted by atomic mass is 19.1. The molecule has 1 fully saturated rings. The van der Waals surface area contributed by atoms with Crippen molar-refractivity contribution < 1.29 is 18.7 Å². The molecule has 1 N–H and O–H groups in total. The van der Waals surface area contributed by atoms with Gasteiger partial charge in [0.25, 0.3) is 11.5 Å². The van der Waals surface area contributed by atoms with E-state index in [0.717, 1.165) is 12.8 Å². The van der Waals surface area contributed by atoms with E-state index in [0.29, 0.717) is 34.2 Å². The number of carbonyl (C=O) groups excluding carboxylic acids is 1. The lowest BCUT2D eigenvalue weighted by atomic mass is 10.0. The number of nitrogens with zero attached hydrogens (tertiary/aromatic N) is 2. The summed E-state index contributed by atoms with van der Waals surface area (Å²) < 4.78 is 26.5. The fourth-order valence-electron chi connectivity index (χ4n) is 4.27. The molecular weight excluding hydrogens is 449 g/mol. The van der Waals surface area contributed by atoms with Gasteiger partial charge in [-0.15, -0.1) is 0 Å². The fraction of sp³-hybridized carbons (Fsp3) is 0.222. The molecule has 7 nitrogen and oxygen atoms in total. The van der Waals surface area contributed by atoms with Crippen molar-refractivity contribution in [2.45, 2.75) is 25.5 Å². The summed E-state index contributed by atoms with van der Waals surface area (Å²) in [5.41, 5.74) is 1.87. The number of anilines is 1. The summed E-state index contributed by atoms with van der Waals surface area (Å²) in [6.45, 7) is 0.936. The summed E-state index contributed by atoms with van der Waals surface area (Å²) in [5, 5.41) is 3.20. The lowest BCUT2D eigenvalue weighted by Crippen LogP contribution is -2.31. The Bertz CT molecular complexity index is 1450. The third-order valence-corrected chi connectivity index (χ3v) is 6.11. The molecule has 1 aliphatic rings. The highest BCUT2D eigenvalue weighted by molar-refractivity contribution is 6.03. The molecule has 3 aromatic carbocycles. The van der Waals surface area contributed by atoms with Gasteiger partial charge in [0.05, 0.1) is 30.7 Å². The summed E-state index contributed by atoms with van der Waals surface area (Å²) in [6.07, 6.45) is 1.63. The second-order valence-electron chi connectivity index (χ2n) is 8.39. The molecule has 0 radical (unpaired) electrons. The normalized spacial score (nSPS) is 15.3. The second-order valence-corrected chi connectivity index (χ2v) is 8.39. The Labute approximate surface area is 201 Å². The van der Waals surface area contributed by atoms with Crippen molar-refractivity contribution in [3.63, 3.8) is 0 Å². The minimum Gasteiger partial charge on any atom is -0.494 e.